The molecule has 4 aliphatic heterocycles. The van der Waals surface area contributed by atoms with Crippen LogP contribution in [0, 0.1) is 0 Å². The molecule has 1 unspecified atom stereocenters. The Labute approximate surface area is 418 Å². The zero-order valence-corrected chi connectivity index (χ0v) is 41.0. The molecule has 5 heterocycles. The Morgan fingerprint density at radius 3 is 2.25 bits per heavy atom. The van der Waals surface area contributed by atoms with Gasteiger partial charge in [-0.1, -0.05) is 48.4 Å². The van der Waals surface area contributed by atoms with Crippen molar-refractivity contribution in [1.82, 2.24) is 19.4 Å². The maximum absolute atomic E-state index is 13.6. The summed E-state index contributed by atoms with van der Waals surface area (Å²) in [5.74, 6) is -5.28. The number of carbonyl (C=O) groups excluding carboxylic acids is 5. The van der Waals surface area contributed by atoms with Gasteiger partial charge >= 0.3 is 11.9 Å². The van der Waals surface area contributed by atoms with Crippen LogP contribution in [-0.4, -0.2) is 132 Å². The van der Waals surface area contributed by atoms with Crippen LogP contribution >= 0.6 is 22.9 Å². The number of carboxylic acids is 2. The van der Waals surface area contributed by atoms with Crippen LogP contribution in [0.25, 0.3) is 10.4 Å². The second-order valence-electron chi connectivity index (χ2n) is 18.0. The Bertz CT molecular complexity index is 2840. The molecule has 1 aromatic heterocycles. The first kappa shape index (κ1) is 51.0. The molecule has 0 saturated carbocycles. The molecule has 1 atom stereocenters. The highest BCUT2D eigenvalue weighted by atomic mass is 35.5. The molecule has 5 amide bonds. The zero-order chi connectivity index (χ0) is 50.4. The molecule has 3 fully saturated rings. The van der Waals surface area contributed by atoms with E-state index in [0.29, 0.717) is 66.2 Å². The van der Waals surface area contributed by atoms with Gasteiger partial charge in [-0.15, -0.1) is 11.3 Å². The molecule has 19 nitrogen and oxygen atoms in total. The standard InChI is InChI=1S/C49H54ClN7O12S2/c50-42-43(69-27-40(60)61)45(49(65)66)70-44(42)30-8-5-10-34(26-30)51-31-18-23-56(24-19-31)71(67,68)28-29-7-4-9-33(25-29)53-38(58)13-2-1-3-20-55-21-16-32(17-22-55)52-36-12-6-11-35-41(36)48(64)57(47(35)63)37-14-15-39(59)54-46(37)62/h4-12,25-26,31-32,37,51-52H,1-3,13-24,27-28H2,(H,53,58)(H,60,61)(H,65,66)(H,54,59,62). The number of piperidine rings is 3. The van der Waals surface area contributed by atoms with Crippen molar-refractivity contribution in [3.63, 3.8) is 0 Å². The number of aliphatic carboxylic acids is 1. The molecule has 0 bridgehead atoms. The topological polar surface area (TPSA) is 261 Å². The second-order valence-corrected chi connectivity index (χ2v) is 21.4. The summed E-state index contributed by atoms with van der Waals surface area (Å²) in [6.45, 7) is 2.41. The quantitative estimate of drug-likeness (QED) is 0.0431. The number of hydrogen-bond donors (Lipinski definition) is 6. The largest absolute Gasteiger partial charge is 0.479 e. The molecule has 3 aromatic carbocycles. The predicted octanol–water partition coefficient (Wildman–Crippen LogP) is 6.11. The fourth-order valence-electron chi connectivity index (χ4n) is 9.47. The van der Waals surface area contributed by atoms with Gasteiger partial charge in [0.25, 0.3) is 11.8 Å². The molecular formula is C49H54ClN7O12S2. The van der Waals surface area contributed by atoms with Crippen LogP contribution in [0.15, 0.2) is 66.7 Å². The van der Waals surface area contributed by atoms with E-state index in [4.69, 9.17) is 21.4 Å². The fraction of sp³-hybridized carbons (Fsp3) is 0.408. The number of rotatable bonds is 20. The molecule has 0 spiro atoms. The Morgan fingerprint density at radius 2 is 1.52 bits per heavy atom. The number of fused-ring (bicyclic) bond motifs is 1. The van der Waals surface area contributed by atoms with Crippen LogP contribution in [0.2, 0.25) is 5.02 Å². The number of benzene rings is 3. The number of nitrogens with one attached hydrogen (secondary N) is 4. The Balaban J connectivity index is 0.730. The maximum Gasteiger partial charge on any atom is 0.349 e. The number of halogens is 1. The number of anilines is 3. The van der Waals surface area contributed by atoms with E-state index in [9.17, 15) is 47.1 Å². The van der Waals surface area contributed by atoms with Crippen molar-refractivity contribution < 1.29 is 56.9 Å². The van der Waals surface area contributed by atoms with Crippen LogP contribution in [0.5, 0.6) is 5.75 Å². The van der Waals surface area contributed by atoms with Crippen molar-refractivity contribution in [2.24, 2.45) is 0 Å². The van der Waals surface area contributed by atoms with E-state index in [1.165, 1.54) is 4.31 Å². The summed E-state index contributed by atoms with van der Waals surface area (Å²) in [7, 11) is -3.67. The Hall–Kier alpha value is -6.39. The van der Waals surface area contributed by atoms with Gasteiger partial charge in [0.2, 0.25) is 27.7 Å². The lowest BCUT2D eigenvalue weighted by Crippen LogP contribution is -2.54. The van der Waals surface area contributed by atoms with Crippen LogP contribution in [0.4, 0.5) is 17.1 Å². The minimum Gasteiger partial charge on any atom is -0.479 e. The third-order valence-electron chi connectivity index (χ3n) is 13.0. The van der Waals surface area contributed by atoms with Crippen LogP contribution in [0.3, 0.4) is 0 Å². The number of ether oxygens (including phenoxy) is 1. The van der Waals surface area contributed by atoms with Gasteiger partial charge in [-0.05, 0) is 99.0 Å². The number of sulfonamides is 1. The van der Waals surface area contributed by atoms with Gasteiger partial charge in [-0.2, -0.15) is 0 Å². The Morgan fingerprint density at radius 1 is 0.817 bits per heavy atom. The highest BCUT2D eigenvalue weighted by Crippen LogP contribution is 2.46. The summed E-state index contributed by atoms with van der Waals surface area (Å²) in [5, 5.41) is 30.7. The summed E-state index contributed by atoms with van der Waals surface area (Å²) in [6.07, 6.45) is 5.66. The Kier molecular flexibility index (Phi) is 16.1. The van der Waals surface area contributed by atoms with Crippen LogP contribution in [-0.2, 0) is 35.0 Å². The van der Waals surface area contributed by atoms with Crippen molar-refractivity contribution in [2.45, 2.75) is 88.1 Å². The van der Waals surface area contributed by atoms with Gasteiger partial charge in [-0.25, -0.2) is 22.3 Å². The molecule has 3 saturated heterocycles. The number of hydrogen-bond acceptors (Lipinski definition) is 14. The van der Waals surface area contributed by atoms with Crippen molar-refractivity contribution in [2.75, 3.05) is 55.3 Å². The van der Waals surface area contributed by atoms with Crippen molar-refractivity contribution in [3.8, 4) is 16.2 Å². The summed E-state index contributed by atoms with van der Waals surface area (Å²) < 4.78 is 33.8. The molecule has 0 radical (unpaired) electrons. The number of nitrogens with zero attached hydrogens (tertiary/aromatic N) is 3. The summed E-state index contributed by atoms with van der Waals surface area (Å²) in [6, 6.07) is 18.1. The average molecular weight is 1030 g/mol. The summed E-state index contributed by atoms with van der Waals surface area (Å²) >= 11 is 7.36. The SMILES string of the molecule is O=C(O)COc1c(C(=O)O)sc(-c2cccc(NC3CCN(S(=O)(=O)Cc4cccc(NC(=O)CCCCCN5CCC(Nc6cccc7c6C(=O)N(C6CCC(=O)NC6=O)C7=O)CC5)c4)CC3)c2)c1Cl. The number of amides is 5. The van der Waals surface area contributed by atoms with Crippen molar-refractivity contribution in [3.05, 3.63) is 93.3 Å². The summed E-state index contributed by atoms with van der Waals surface area (Å²) in [5.41, 5.74) is 3.46. The monoisotopic (exact) mass is 1030 g/mol. The minimum absolute atomic E-state index is 0.00223. The van der Waals surface area contributed by atoms with Crippen LogP contribution < -0.4 is 26.0 Å². The first-order valence-electron chi connectivity index (χ1n) is 23.5. The molecule has 8 rings (SSSR count). The summed E-state index contributed by atoms with van der Waals surface area (Å²) in [4.78, 5) is 90.3. The van der Waals surface area contributed by atoms with Gasteiger partial charge in [0.05, 0.1) is 21.8 Å². The third-order valence-corrected chi connectivity index (χ3v) is 16.6. The number of thiophene rings is 1. The molecule has 4 aromatic rings. The van der Waals surface area contributed by atoms with Gasteiger partial charge < -0.3 is 35.8 Å². The van der Waals surface area contributed by atoms with Crippen LogP contribution in [0.1, 0.15) is 100 Å². The normalized spacial score (nSPS) is 18.3. The van der Waals surface area contributed by atoms with Gasteiger partial charge in [0.1, 0.15) is 11.1 Å². The number of carbonyl (C=O) groups is 7. The highest BCUT2D eigenvalue weighted by molar-refractivity contribution is 7.88. The molecule has 71 heavy (non-hydrogen) atoms. The fourth-order valence-corrected chi connectivity index (χ4v) is 12.4. The maximum atomic E-state index is 13.6. The number of carboxylic acid groups (broad SMARTS) is 2. The first-order valence-corrected chi connectivity index (χ1v) is 26.3. The number of unbranched alkanes of at least 4 members (excludes halogenated alkanes) is 2. The van der Waals surface area contributed by atoms with E-state index in [0.717, 1.165) is 67.2 Å². The molecule has 0 aliphatic carbocycles. The lowest BCUT2D eigenvalue weighted by Gasteiger charge is -2.33. The lowest BCUT2D eigenvalue weighted by atomic mass is 10.0. The number of aromatic carboxylic acids is 1. The van der Waals surface area contributed by atoms with E-state index in [1.807, 2.05) is 6.07 Å². The van der Waals surface area contributed by atoms with Crippen molar-refractivity contribution >= 4 is 91.5 Å². The zero-order valence-electron chi connectivity index (χ0n) is 38.6. The van der Waals surface area contributed by atoms with Gasteiger partial charge in [-0.3, -0.25) is 34.2 Å². The molecule has 376 valence electrons. The van der Waals surface area contributed by atoms with E-state index >= 15 is 0 Å². The minimum atomic E-state index is -3.67. The van der Waals surface area contributed by atoms with Gasteiger partial charge in [0, 0.05) is 68.2 Å². The first-order chi connectivity index (χ1) is 34.0. The smallest absolute Gasteiger partial charge is 0.349 e. The van der Waals surface area contributed by atoms with E-state index in [2.05, 4.69) is 26.2 Å². The third kappa shape index (κ3) is 12.2. The average Bonchev–Trinajstić information content (AvgIpc) is 3.80. The predicted molar refractivity (Wildman–Crippen MR) is 265 cm³/mol. The number of imide groups is 2. The van der Waals surface area contributed by atoms with E-state index < -0.39 is 58.2 Å². The van der Waals surface area contributed by atoms with Crippen molar-refractivity contribution in [1.29, 1.82) is 0 Å². The molecule has 6 N–H and O–H groups in total. The van der Waals surface area contributed by atoms with E-state index in [-0.39, 0.29) is 63.4 Å². The molecule has 22 heteroatoms. The molecular weight excluding hydrogens is 978 g/mol. The van der Waals surface area contributed by atoms with E-state index in [1.54, 1.807) is 60.7 Å². The lowest BCUT2D eigenvalue weighted by molar-refractivity contribution is -0.139. The van der Waals surface area contributed by atoms with Gasteiger partial charge in [0.15, 0.2) is 17.2 Å². The second kappa shape index (κ2) is 22.4. The molecule has 4 aliphatic rings. The number of likely N-dealkylation sites (tertiary alicyclic amines) is 1. The highest BCUT2D eigenvalue weighted by Gasteiger charge is 2.46.